The lowest BCUT2D eigenvalue weighted by Gasteiger charge is -2.43. The molecule has 0 spiro atoms. The molecular weight excluding hydrogens is 450 g/mol. The number of benzene rings is 2. The van der Waals surface area contributed by atoms with E-state index in [1.54, 1.807) is 6.20 Å². The summed E-state index contributed by atoms with van der Waals surface area (Å²) in [5, 5.41) is 14.0. The van der Waals surface area contributed by atoms with Gasteiger partial charge >= 0.3 is 6.03 Å². The molecule has 0 saturated carbocycles. The Bertz CT molecular complexity index is 1410. The number of carbonyl (C=O) groups is 1. The van der Waals surface area contributed by atoms with E-state index in [1.807, 2.05) is 21.9 Å². The fraction of sp³-hybridized carbons (Fsp3) is 0.393. The van der Waals surface area contributed by atoms with E-state index in [0.717, 1.165) is 68.1 Å². The number of amides is 2. The van der Waals surface area contributed by atoms with Gasteiger partial charge in [0.25, 0.3) is 0 Å². The lowest BCUT2D eigenvalue weighted by Crippen LogP contribution is -2.51. The van der Waals surface area contributed by atoms with E-state index in [-0.39, 0.29) is 12.1 Å². The average molecular weight is 480 g/mol. The number of pyridine rings is 1. The number of carbonyl (C=O) groups excluding carboxylic acids is 1. The maximum atomic E-state index is 13.1. The van der Waals surface area contributed by atoms with Crippen molar-refractivity contribution in [3.8, 4) is 6.07 Å². The summed E-state index contributed by atoms with van der Waals surface area (Å²) >= 11 is 0. The number of nitrogens with one attached hydrogen (secondary N) is 1. The third kappa shape index (κ3) is 3.20. The van der Waals surface area contributed by atoms with E-state index in [0.29, 0.717) is 17.6 Å². The minimum atomic E-state index is 0.137. The molecule has 3 aromatic rings. The highest BCUT2D eigenvalue weighted by Gasteiger charge is 2.42. The van der Waals surface area contributed by atoms with Gasteiger partial charge in [0.15, 0.2) is 0 Å². The van der Waals surface area contributed by atoms with Crippen LogP contribution < -0.4 is 15.1 Å². The van der Waals surface area contributed by atoms with Crippen molar-refractivity contribution in [1.29, 1.82) is 5.26 Å². The quantitative estimate of drug-likeness (QED) is 0.609. The van der Waals surface area contributed by atoms with Gasteiger partial charge in [-0.1, -0.05) is 6.07 Å². The molecule has 2 aromatic carbocycles. The second kappa shape index (κ2) is 8.19. The van der Waals surface area contributed by atoms with Gasteiger partial charge in [-0.25, -0.2) is 4.79 Å². The number of nitrogens with zero attached hydrogens (tertiary/aromatic N) is 6. The van der Waals surface area contributed by atoms with E-state index in [9.17, 15) is 10.1 Å². The largest absolute Gasteiger partial charge is 0.368 e. The van der Waals surface area contributed by atoms with E-state index in [1.165, 1.54) is 11.1 Å². The third-order valence-corrected chi connectivity index (χ3v) is 8.42. The van der Waals surface area contributed by atoms with Crippen molar-refractivity contribution in [3.63, 3.8) is 0 Å². The van der Waals surface area contributed by atoms with Crippen molar-refractivity contribution in [2.45, 2.75) is 31.6 Å². The van der Waals surface area contributed by atoms with Crippen LogP contribution in [0.1, 0.15) is 29.7 Å². The fourth-order valence-electron chi connectivity index (χ4n) is 6.64. The van der Waals surface area contributed by atoms with E-state index in [2.05, 4.69) is 63.4 Å². The van der Waals surface area contributed by atoms with Crippen molar-refractivity contribution in [1.82, 2.24) is 20.1 Å². The van der Waals surface area contributed by atoms with Crippen LogP contribution in [-0.4, -0.2) is 72.2 Å². The fourth-order valence-corrected chi connectivity index (χ4v) is 6.64. The Hall–Kier alpha value is -3.67. The van der Waals surface area contributed by atoms with Crippen LogP contribution in [-0.2, 0) is 6.54 Å². The Morgan fingerprint density at radius 3 is 2.92 bits per heavy atom. The standard InChI is InChI=1S/C28H29N7O/c1-18-14-32(25-7-4-19(12-29)27-24(25)3-2-8-31-27)17-26-23-6-5-21(11-20(23)15-34(18)26)35-16-22-13-30-9-10-33(22)28(35)36/h2-8,11,18,22,26,30H,9-10,13-17H2,1H3/t18-,22+,26-/m1/s1. The molecule has 0 bridgehead atoms. The van der Waals surface area contributed by atoms with Gasteiger partial charge in [0.05, 0.1) is 23.2 Å². The Balaban J connectivity index is 1.19. The number of aromatic nitrogens is 1. The van der Waals surface area contributed by atoms with Crippen molar-refractivity contribution in [3.05, 3.63) is 65.4 Å². The number of fused-ring (bicyclic) bond motifs is 5. The number of nitriles is 1. The summed E-state index contributed by atoms with van der Waals surface area (Å²) in [5.74, 6) is 0. The zero-order chi connectivity index (χ0) is 24.4. The van der Waals surface area contributed by atoms with Crippen LogP contribution in [0.2, 0.25) is 0 Å². The van der Waals surface area contributed by atoms with Crippen LogP contribution in [0.15, 0.2) is 48.7 Å². The second-order valence-electron chi connectivity index (χ2n) is 10.4. The summed E-state index contributed by atoms with van der Waals surface area (Å²) in [6, 6.07) is 18.0. The van der Waals surface area contributed by atoms with Crippen LogP contribution in [0.5, 0.6) is 0 Å². The number of piperazine rings is 2. The predicted molar refractivity (Wildman–Crippen MR) is 139 cm³/mol. The molecule has 7 rings (SSSR count). The first kappa shape index (κ1) is 21.6. The number of urea groups is 1. The molecule has 4 aliphatic heterocycles. The molecule has 0 unspecified atom stereocenters. The first-order chi connectivity index (χ1) is 17.6. The molecule has 36 heavy (non-hydrogen) atoms. The van der Waals surface area contributed by atoms with Gasteiger partial charge in [-0.05, 0) is 54.4 Å². The summed E-state index contributed by atoms with van der Waals surface area (Å²) in [7, 11) is 0. The van der Waals surface area contributed by atoms with Crippen LogP contribution in [0, 0.1) is 11.3 Å². The van der Waals surface area contributed by atoms with Crippen LogP contribution in [0.3, 0.4) is 0 Å². The van der Waals surface area contributed by atoms with Gasteiger partial charge in [-0.3, -0.25) is 14.8 Å². The maximum Gasteiger partial charge on any atom is 0.324 e. The van der Waals surface area contributed by atoms with Gasteiger partial charge in [0.2, 0.25) is 0 Å². The van der Waals surface area contributed by atoms with Gasteiger partial charge in [0.1, 0.15) is 6.07 Å². The topological polar surface area (TPSA) is 78.7 Å². The Kier molecular flexibility index (Phi) is 4.91. The number of hydrogen-bond donors (Lipinski definition) is 1. The zero-order valence-electron chi connectivity index (χ0n) is 20.4. The first-order valence-corrected chi connectivity index (χ1v) is 12.8. The third-order valence-electron chi connectivity index (χ3n) is 8.42. The highest BCUT2D eigenvalue weighted by molar-refractivity contribution is 5.96. The molecule has 182 valence electrons. The summed E-state index contributed by atoms with van der Waals surface area (Å²) in [4.78, 5) is 26.6. The smallest absolute Gasteiger partial charge is 0.324 e. The molecule has 1 N–H and O–H groups in total. The molecule has 4 aliphatic rings. The van der Waals surface area contributed by atoms with Gasteiger partial charge < -0.3 is 15.1 Å². The Morgan fingerprint density at radius 2 is 2.06 bits per heavy atom. The first-order valence-electron chi connectivity index (χ1n) is 12.8. The van der Waals surface area contributed by atoms with E-state index >= 15 is 0 Å². The lowest BCUT2D eigenvalue weighted by atomic mass is 9.99. The number of hydrogen-bond acceptors (Lipinski definition) is 6. The normalized spacial score (nSPS) is 25.6. The van der Waals surface area contributed by atoms with Crippen molar-refractivity contribution >= 4 is 28.3 Å². The van der Waals surface area contributed by atoms with Crippen molar-refractivity contribution in [2.24, 2.45) is 0 Å². The minimum absolute atomic E-state index is 0.137. The molecule has 0 aliphatic carbocycles. The SMILES string of the molecule is C[C@@H]1CN(c2ccc(C#N)c3ncccc23)C[C@@H]2c3ccc(N4C[C@@H]5CNCCN5C4=O)cc3CN12. The molecule has 3 fully saturated rings. The molecule has 8 nitrogen and oxygen atoms in total. The predicted octanol–water partition coefficient (Wildman–Crippen LogP) is 3.09. The minimum Gasteiger partial charge on any atom is -0.368 e. The molecule has 1 aromatic heterocycles. The van der Waals surface area contributed by atoms with Crippen LogP contribution in [0.4, 0.5) is 16.2 Å². The highest BCUT2D eigenvalue weighted by Crippen LogP contribution is 2.42. The Labute approximate surface area is 210 Å². The summed E-state index contributed by atoms with van der Waals surface area (Å²) in [5.41, 5.74) is 6.23. The van der Waals surface area contributed by atoms with E-state index < -0.39 is 0 Å². The van der Waals surface area contributed by atoms with Crippen molar-refractivity contribution < 1.29 is 4.79 Å². The monoisotopic (exact) mass is 479 g/mol. The molecule has 8 heteroatoms. The molecule has 3 atom stereocenters. The van der Waals surface area contributed by atoms with Crippen LogP contribution in [0.25, 0.3) is 10.9 Å². The van der Waals surface area contributed by atoms with Gasteiger partial charge in [-0.15, -0.1) is 0 Å². The van der Waals surface area contributed by atoms with E-state index in [4.69, 9.17) is 0 Å². The summed E-state index contributed by atoms with van der Waals surface area (Å²) in [6.45, 7) is 8.29. The lowest BCUT2D eigenvalue weighted by molar-refractivity contribution is 0.134. The molecule has 3 saturated heterocycles. The van der Waals surface area contributed by atoms with Crippen molar-refractivity contribution in [2.75, 3.05) is 49.1 Å². The molecular formula is C28H29N7O. The van der Waals surface area contributed by atoms with Gasteiger partial charge in [-0.2, -0.15) is 5.26 Å². The highest BCUT2D eigenvalue weighted by atomic mass is 16.2. The molecule has 5 heterocycles. The molecule has 2 amide bonds. The second-order valence-corrected chi connectivity index (χ2v) is 10.4. The van der Waals surface area contributed by atoms with Crippen LogP contribution >= 0.6 is 0 Å². The van der Waals surface area contributed by atoms with Gasteiger partial charge in [0, 0.05) is 74.8 Å². The number of anilines is 2. The Morgan fingerprint density at radius 1 is 1.14 bits per heavy atom. The summed E-state index contributed by atoms with van der Waals surface area (Å²) < 4.78 is 0. The molecule has 0 radical (unpaired) electrons. The average Bonchev–Trinajstić information content (AvgIpc) is 3.45. The summed E-state index contributed by atoms with van der Waals surface area (Å²) in [6.07, 6.45) is 1.76. The zero-order valence-corrected chi connectivity index (χ0v) is 20.4. The maximum absolute atomic E-state index is 13.1. The number of rotatable bonds is 2.